The van der Waals surface area contributed by atoms with E-state index in [1.54, 1.807) is 0 Å². The third-order valence-electron chi connectivity index (χ3n) is 2.80. The smallest absolute Gasteiger partial charge is 0.0399 e. The Morgan fingerprint density at radius 3 is 2.73 bits per heavy atom. The van der Waals surface area contributed by atoms with Crippen LogP contribution in [0.5, 0.6) is 0 Å². The molecule has 0 aromatic heterocycles. The van der Waals surface area contributed by atoms with Crippen molar-refractivity contribution in [2.24, 2.45) is 0 Å². The van der Waals surface area contributed by atoms with Crippen molar-refractivity contribution in [3.8, 4) is 0 Å². The van der Waals surface area contributed by atoms with Crippen molar-refractivity contribution in [1.29, 1.82) is 0 Å². The van der Waals surface area contributed by atoms with E-state index >= 15 is 0 Å². The maximum Gasteiger partial charge on any atom is 0.0399 e. The quantitative estimate of drug-likeness (QED) is 0.779. The van der Waals surface area contributed by atoms with E-state index in [0.717, 1.165) is 13.1 Å². The zero-order chi connectivity index (χ0) is 9.97. The van der Waals surface area contributed by atoms with Crippen molar-refractivity contribution in [2.45, 2.75) is 6.42 Å². The number of hydrogen-bond donors (Lipinski definition) is 0. The number of fused-ring (bicyclic) bond motifs is 1. The Morgan fingerprint density at radius 2 is 2.00 bits per heavy atom. The summed E-state index contributed by atoms with van der Waals surface area (Å²) in [6.07, 6.45) is 1.21. The Morgan fingerprint density at radius 1 is 1.27 bits per heavy atom. The molecule has 0 aliphatic carbocycles. The van der Waals surface area contributed by atoms with Crippen molar-refractivity contribution in [2.75, 3.05) is 38.6 Å². The fraction of sp³-hybridized carbons (Fsp3) is 0.500. The second-order valence-electron chi connectivity index (χ2n) is 4.17. The summed E-state index contributed by atoms with van der Waals surface area (Å²) in [6, 6.07) is 8.74. The maximum absolute atomic E-state index is 2.48. The third kappa shape index (κ3) is 2.86. The minimum absolute atomic E-state index is 0. The summed E-state index contributed by atoms with van der Waals surface area (Å²) in [5.74, 6) is 0. The van der Waals surface area contributed by atoms with Crippen molar-refractivity contribution >= 4 is 18.1 Å². The lowest BCUT2D eigenvalue weighted by molar-refractivity contribution is 0.414. The van der Waals surface area contributed by atoms with Crippen molar-refractivity contribution in [3.63, 3.8) is 0 Å². The molecule has 1 aliphatic heterocycles. The fourth-order valence-corrected chi connectivity index (χ4v) is 1.96. The number of rotatable bonds is 3. The lowest BCUT2D eigenvalue weighted by atomic mass is 10.2. The van der Waals surface area contributed by atoms with E-state index in [2.05, 4.69) is 48.2 Å². The summed E-state index contributed by atoms with van der Waals surface area (Å²) in [7, 11) is 4.25. The molecule has 0 atom stereocenters. The van der Waals surface area contributed by atoms with E-state index in [-0.39, 0.29) is 12.4 Å². The molecule has 1 aromatic rings. The first kappa shape index (κ1) is 12.3. The van der Waals surface area contributed by atoms with Gasteiger partial charge < -0.3 is 9.80 Å². The van der Waals surface area contributed by atoms with Crippen LogP contribution in [0, 0.1) is 0 Å². The van der Waals surface area contributed by atoms with Crippen molar-refractivity contribution in [3.05, 3.63) is 29.8 Å². The number of para-hydroxylation sites is 1. The van der Waals surface area contributed by atoms with Crippen molar-refractivity contribution in [1.82, 2.24) is 4.90 Å². The molecule has 1 aromatic carbocycles. The van der Waals surface area contributed by atoms with Gasteiger partial charge >= 0.3 is 0 Å². The summed E-state index contributed by atoms with van der Waals surface area (Å²) in [5.41, 5.74) is 2.95. The highest BCUT2D eigenvalue weighted by molar-refractivity contribution is 5.85. The topological polar surface area (TPSA) is 6.48 Å². The van der Waals surface area contributed by atoms with Crippen LogP contribution < -0.4 is 4.90 Å². The van der Waals surface area contributed by atoms with Crippen LogP contribution in [0.1, 0.15) is 5.56 Å². The van der Waals surface area contributed by atoms with Gasteiger partial charge in [0.15, 0.2) is 0 Å². The second kappa shape index (κ2) is 5.38. The first-order valence-electron chi connectivity index (χ1n) is 5.25. The minimum atomic E-state index is 0. The van der Waals surface area contributed by atoms with E-state index in [1.165, 1.54) is 24.2 Å². The number of nitrogens with zero attached hydrogens (tertiary/aromatic N) is 2. The third-order valence-corrected chi connectivity index (χ3v) is 2.80. The summed E-state index contributed by atoms with van der Waals surface area (Å²) >= 11 is 0. The van der Waals surface area contributed by atoms with Gasteiger partial charge in [-0.1, -0.05) is 18.2 Å². The molecule has 0 saturated carbocycles. The number of hydrogen-bond acceptors (Lipinski definition) is 2. The molecule has 2 rings (SSSR count). The Labute approximate surface area is 98.3 Å². The number of halogens is 1. The van der Waals surface area contributed by atoms with Gasteiger partial charge in [-0.3, -0.25) is 0 Å². The molecule has 1 heterocycles. The van der Waals surface area contributed by atoms with Gasteiger partial charge in [0.2, 0.25) is 0 Å². The van der Waals surface area contributed by atoms with Gasteiger partial charge in [0.05, 0.1) is 0 Å². The van der Waals surface area contributed by atoms with Crippen LogP contribution in [0.15, 0.2) is 24.3 Å². The summed E-state index contributed by atoms with van der Waals surface area (Å²) < 4.78 is 0. The zero-order valence-corrected chi connectivity index (χ0v) is 10.3. The maximum atomic E-state index is 2.48. The van der Waals surface area contributed by atoms with Crippen LogP contribution in [0.3, 0.4) is 0 Å². The average molecular weight is 227 g/mol. The summed E-state index contributed by atoms with van der Waals surface area (Å²) in [6.45, 7) is 3.46. The highest BCUT2D eigenvalue weighted by atomic mass is 35.5. The van der Waals surface area contributed by atoms with Crippen LogP contribution in [0.4, 0.5) is 5.69 Å². The molecule has 15 heavy (non-hydrogen) atoms. The van der Waals surface area contributed by atoms with Crippen molar-refractivity contribution < 1.29 is 0 Å². The van der Waals surface area contributed by atoms with Gasteiger partial charge in [0.25, 0.3) is 0 Å². The molecule has 0 unspecified atom stereocenters. The molecular weight excluding hydrogens is 208 g/mol. The monoisotopic (exact) mass is 226 g/mol. The molecule has 84 valence electrons. The highest BCUT2D eigenvalue weighted by Gasteiger charge is 2.17. The first-order valence-corrected chi connectivity index (χ1v) is 5.25. The molecule has 0 amide bonds. The Bertz CT molecular complexity index is 312. The van der Waals surface area contributed by atoms with Crippen LogP contribution in [-0.2, 0) is 6.42 Å². The SMILES string of the molecule is CN(C)CCN1CCc2ccccc21.Cl. The molecule has 3 heteroatoms. The molecule has 0 fully saturated rings. The van der Waals surface area contributed by atoms with Crippen LogP contribution in [0.2, 0.25) is 0 Å². The Hall–Kier alpha value is -0.730. The largest absolute Gasteiger partial charge is 0.370 e. The lowest BCUT2D eigenvalue weighted by Crippen LogP contribution is -2.30. The van der Waals surface area contributed by atoms with E-state index in [1.807, 2.05) is 0 Å². The van der Waals surface area contributed by atoms with Gasteiger partial charge in [0.1, 0.15) is 0 Å². The predicted octanol–water partition coefficient (Wildman–Crippen LogP) is 2.03. The lowest BCUT2D eigenvalue weighted by Gasteiger charge is -2.21. The molecule has 0 bridgehead atoms. The Kier molecular flexibility index (Phi) is 4.43. The molecular formula is C12H19ClN2. The average Bonchev–Trinajstić information content (AvgIpc) is 2.58. The van der Waals surface area contributed by atoms with E-state index < -0.39 is 0 Å². The van der Waals surface area contributed by atoms with E-state index in [9.17, 15) is 0 Å². The second-order valence-corrected chi connectivity index (χ2v) is 4.17. The molecule has 0 spiro atoms. The van der Waals surface area contributed by atoms with Gasteiger partial charge in [-0.25, -0.2) is 0 Å². The van der Waals surface area contributed by atoms with Crippen LogP contribution in [0.25, 0.3) is 0 Å². The molecule has 0 N–H and O–H groups in total. The van der Waals surface area contributed by atoms with Gasteiger partial charge in [-0.05, 0) is 32.1 Å². The van der Waals surface area contributed by atoms with E-state index in [4.69, 9.17) is 0 Å². The molecule has 1 aliphatic rings. The summed E-state index contributed by atoms with van der Waals surface area (Å²) in [5, 5.41) is 0. The fourth-order valence-electron chi connectivity index (χ4n) is 1.96. The predicted molar refractivity (Wildman–Crippen MR) is 68.2 cm³/mol. The van der Waals surface area contributed by atoms with Crippen LogP contribution >= 0.6 is 12.4 Å². The zero-order valence-electron chi connectivity index (χ0n) is 9.44. The Balaban J connectivity index is 0.00000112. The van der Waals surface area contributed by atoms with Gasteiger partial charge in [-0.2, -0.15) is 0 Å². The van der Waals surface area contributed by atoms with Gasteiger partial charge in [-0.15, -0.1) is 12.4 Å². The van der Waals surface area contributed by atoms with E-state index in [0.29, 0.717) is 0 Å². The molecule has 0 saturated heterocycles. The van der Waals surface area contributed by atoms with Gasteiger partial charge in [0, 0.05) is 25.3 Å². The van der Waals surface area contributed by atoms with Crippen LogP contribution in [-0.4, -0.2) is 38.6 Å². The molecule has 0 radical (unpaired) electrons. The number of anilines is 1. The summed E-state index contributed by atoms with van der Waals surface area (Å²) in [4.78, 5) is 4.72. The number of benzene rings is 1. The standard InChI is InChI=1S/C12H18N2.ClH/c1-13(2)9-10-14-8-7-11-5-3-4-6-12(11)14;/h3-6H,7-10H2,1-2H3;1H. The first-order chi connectivity index (χ1) is 6.77. The normalized spacial score (nSPS) is 13.9. The number of likely N-dealkylation sites (N-methyl/N-ethyl adjacent to an activating group) is 1. The highest BCUT2D eigenvalue weighted by Crippen LogP contribution is 2.26. The minimum Gasteiger partial charge on any atom is -0.370 e. The molecule has 2 nitrogen and oxygen atoms in total.